The molecule has 0 bridgehead atoms. The van der Waals surface area contributed by atoms with Gasteiger partial charge in [-0.2, -0.15) is 0 Å². The summed E-state index contributed by atoms with van der Waals surface area (Å²) in [6, 6.07) is 5.71. The average molecular weight is 237 g/mol. The highest BCUT2D eigenvalue weighted by atomic mass is 32.2. The van der Waals surface area contributed by atoms with Crippen molar-refractivity contribution in [2.75, 3.05) is 24.7 Å². The van der Waals surface area contributed by atoms with Crippen LogP contribution in [0.2, 0.25) is 0 Å². The number of nitrogens with one attached hydrogen (secondary N) is 1. The summed E-state index contributed by atoms with van der Waals surface area (Å²) in [6.07, 6.45) is 0. The van der Waals surface area contributed by atoms with E-state index in [-0.39, 0.29) is 5.97 Å². The summed E-state index contributed by atoms with van der Waals surface area (Å²) in [5.41, 5.74) is 1.70. The second-order valence-electron chi connectivity index (χ2n) is 3.97. The first-order valence-electron chi connectivity index (χ1n) is 5.30. The number of ether oxygens (including phenoxy) is 1. The van der Waals surface area contributed by atoms with Gasteiger partial charge in [-0.3, -0.25) is 0 Å². The minimum absolute atomic E-state index is 0.263. The van der Waals surface area contributed by atoms with E-state index in [1.165, 1.54) is 7.11 Å². The molecule has 0 radical (unpaired) electrons. The van der Waals surface area contributed by atoms with Crippen molar-refractivity contribution < 1.29 is 9.53 Å². The molecule has 0 fully saturated rings. The van der Waals surface area contributed by atoms with Crippen molar-refractivity contribution in [1.29, 1.82) is 0 Å². The highest BCUT2D eigenvalue weighted by Gasteiger charge is 2.19. The second kappa shape index (κ2) is 4.78. The van der Waals surface area contributed by atoms with E-state index in [2.05, 4.69) is 12.2 Å². The van der Waals surface area contributed by atoms with Crippen molar-refractivity contribution in [2.24, 2.45) is 5.92 Å². The molecule has 1 N–H and O–H groups in total. The summed E-state index contributed by atoms with van der Waals surface area (Å²) in [4.78, 5) is 12.6. The molecule has 0 spiro atoms. The first-order valence-corrected chi connectivity index (χ1v) is 6.29. The number of thioether (sulfide) groups is 1. The zero-order chi connectivity index (χ0) is 11.5. The van der Waals surface area contributed by atoms with Gasteiger partial charge in [0.15, 0.2) is 0 Å². The Morgan fingerprint density at radius 1 is 1.56 bits per heavy atom. The molecule has 1 aromatic rings. The Kier molecular flexibility index (Phi) is 3.39. The molecule has 1 atom stereocenters. The predicted molar refractivity (Wildman–Crippen MR) is 66.2 cm³/mol. The smallest absolute Gasteiger partial charge is 0.339 e. The molecule has 1 heterocycles. The van der Waals surface area contributed by atoms with E-state index in [4.69, 9.17) is 4.74 Å². The van der Waals surface area contributed by atoms with E-state index >= 15 is 0 Å². The van der Waals surface area contributed by atoms with E-state index in [0.29, 0.717) is 11.5 Å². The Bertz CT molecular complexity index is 406. The van der Waals surface area contributed by atoms with Crippen LogP contribution in [0.5, 0.6) is 0 Å². The van der Waals surface area contributed by atoms with Gasteiger partial charge < -0.3 is 10.1 Å². The van der Waals surface area contributed by atoms with E-state index in [9.17, 15) is 4.79 Å². The summed E-state index contributed by atoms with van der Waals surface area (Å²) >= 11 is 1.72. The lowest BCUT2D eigenvalue weighted by Gasteiger charge is -2.10. The van der Waals surface area contributed by atoms with Gasteiger partial charge in [0, 0.05) is 22.9 Å². The van der Waals surface area contributed by atoms with Crippen LogP contribution < -0.4 is 5.32 Å². The normalized spacial score (nSPS) is 19.2. The van der Waals surface area contributed by atoms with Gasteiger partial charge in [-0.15, -0.1) is 11.8 Å². The van der Waals surface area contributed by atoms with Gasteiger partial charge in [-0.1, -0.05) is 13.0 Å². The van der Waals surface area contributed by atoms with Gasteiger partial charge in [0.05, 0.1) is 12.7 Å². The van der Waals surface area contributed by atoms with Crippen molar-refractivity contribution in [3.63, 3.8) is 0 Å². The van der Waals surface area contributed by atoms with Crippen molar-refractivity contribution in [2.45, 2.75) is 11.8 Å². The van der Waals surface area contributed by atoms with Crippen LogP contribution >= 0.6 is 11.8 Å². The fourth-order valence-corrected chi connectivity index (χ4v) is 2.84. The first kappa shape index (κ1) is 11.3. The molecule has 86 valence electrons. The van der Waals surface area contributed by atoms with Crippen molar-refractivity contribution >= 4 is 23.4 Å². The number of rotatable bonds is 1. The zero-order valence-corrected chi connectivity index (χ0v) is 10.3. The average Bonchev–Trinajstić information content (AvgIpc) is 2.50. The highest BCUT2D eigenvalue weighted by Crippen LogP contribution is 2.35. The number of methoxy groups -OCH3 is 1. The van der Waals surface area contributed by atoms with Crippen LogP contribution in [-0.4, -0.2) is 25.4 Å². The zero-order valence-electron chi connectivity index (χ0n) is 9.45. The van der Waals surface area contributed by atoms with Gasteiger partial charge in [-0.05, 0) is 18.1 Å². The molecule has 4 heteroatoms. The van der Waals surface area contributed by atoms with Crippen LogP contribution in [0.4, 0.5) is 5.69 Å². The Hall–Kier alpha value is -1.16. The van der Waals surface area contributed by atoms with E-state index in [1.54, 1.807) is 11.8 Å². The van der Waals surface area contributed by atoms with Gasteiger partial charge >= 0.3 is 5.97 Å². The molecule has 1 aliphatic rings. The van der Waals surface area contributed by atoms with Crippen LogP contribution in [-0.2, 0) is 4.74 Å². The number of hydrogen-bond acceptors (Lipinski definition) is 4. The summed E-state index contributed by atoms with van der Waals surface area (Å²) < 4.78 is 4.79. The summed E-state index contributed by atoms with van der Waals surface area (Å²) in [5.74, 6) is 1.36. The lowest BCUT2D eigenvalue weighted by atomic mass is 10.2. The Morgan fingerprint density at radius 3 is 3.12 bits per heavy atom. The standard InChI is InChI=1S/C12H15NO2S/c1-8-6-13-10-5-3-4-9(12(14)15-2)11(10)16-7-8/h3-5,8,13H,6-7H2,1-2H3. The van der Waals surface area contributed by atoms with Crippen molar-refractivity contribution in [3.05, 3.63) is 23.8 Å². The van der Waals surface area contributed by atoms with Crippen molar-refractivity contribution in [3.8, 4) is 0 Å². The lowest BCUT2D eigenvalue weighted by Crippen LogP contribution is -2.10. The summed E-state index contributed by atoms with van der Waals surface area (Å²) in [5, 5.41) is 3.37. The number of anilines is 1. The van der Waals surface area contributed by atoms with E-state index < -0.39 is 0 Å². The molecular formula is C12H15NO2S. The van der Waals surface area contributed by atoms with Crippen LogP contribution in [0.1, 0.15) is 17.3 Å². The van der Waals surface area contributed by atoms with Crippen LogP contribution in [0.15, 0.2) is 23.1 Å². The molecule has 1 aromatic carbocycles. The quantitative estimate of drug-likeness (QED) is 0.762. The predicted octanol–water partition coefficient (Wildman–Crippen LogP) is 2.63. The van der Waals surface area contributed by atoms with E-state index in [0.717, 1.165) is 22.9 Å². The van der Waals surface area contributed by atoms with Gasteiger partial charge in [0.2, 0.25) is 0 Å². The molecular weight excluding hydrogens is 222 g/mol. The third-order valence-corrected chi connectivity index (χ3v) is 4.04. The van der Waals surface area contributed by atoms with E-state index in [1.807, 2.05) is 18.2 Å². The monoisotopic (exact) mass is 237 g/mol. The number of fused-ring (bicyclic) bond motifs is 1. The number of carbonyl (C=O) groups excluding carboxylic acids is 1. The summed E-state index contributed by atoms with van der Waals surface area (Å²) in [6.45, 7) is 3.15. The lowest BCUT2D eigenvalue weighted by molar-refractivity contribution is 0.0597. The summed E-state index contributed by atoms with van der Waals surface area (Å²) in [7, 11) is 1.42. The number of benzene rings is 1. The maximum atomic E-state index is 11.6. The molecule has 2 rings (SSSR count). The number of carbonyl (C=O) groups is 1. The Morgan fingerprint density at radius 2 is 2.38 bits per heavy atom. The molecule has 0 amide bonds. The van der Waals surface area contributed by atoms with Crippen LogP contribution in [0.3, 0.4) is 0 Å². The Balaban J connectivity index is 2.39. The van der Waals surface area contributed by atoms with Gasteiger partial charge in [0.1, 0.15) is 0 Å². The first-order chi connectivity index (χ1) is 7.72. The molecule has 16 heavy (non-hydrogen) atoms. The number of esters is 1. The molecule has 3 nitrogen and oxygen atoms in total. The SMILES string of the molecule is COC(=O)c1cccc2c1SCC(C)CN2. The molecule has 1 unspecified atom stereocenters. The maximum absolute atomic E-state index is 11.6. The van der Waals surface area contributed by atoms with Crippen LogP contribution in [0, 0.1) is 5.92 Å². The topological polar surface area (TPSA) is 38.3 Å². The maximum Gasteiger partial charge on any atom is 0.339 e. The molecule has 0 aliphatic carbocycles. The molecule has 0 aromatic heterocycles. The van der Waals surface area contributed by atoms with Crippen LogP contribution in [0.25, 0.3) is 0 Å². The van der Waals surface area contributed by atoms with Crippen molar-refractivity contribution in [1.82, 2.24) is 0 Å². The minimum Gasteiger partial charge on any atom is -0.465 e. The third kappa shape index (κ3) is 2.16. The molecule has 0 saturated carbocycles. The number of hydrogen-bond donors (Lipinski definition) is 1. The Labute approximate surface area is 99.6 Å². The van der Waals surface area contributed by atoms with Gasteiger partial charge in [0.25, 0.3) is 0 Å². The fourth-order valence-electron chi connectivity index (χ4n) is 1.67. The second-order valence-corrected chi connectivity index (χ2v) is 5.00. The van der Waals surface area contributed by atoms with Gasteiger partial charge in [-0.25, -0.2) is 4.79 Å². The minimum atomic E-state index is -0.263. The highest BCUT2D eigenvalue weighted by molar-refractivity contribution is 7.99. The molecule has 1 aliphatic heterocycles. The largest absolute Gasteiger partial charge is 0.465 e. The fraction of sp³-hybridized carbons (Fsp3) is 0.417. The molecule has 0 saturated heterocycles. The third-order valence-electron chi connectivity index (χ3n) is 2.57.